The molecule has 4 rings (SSSR count). The molecule has 5 N–H and O–H groups in total. The van der Waals surface area contributed by atoms with E-state index in [1.54, 1.807) is 0 Å². The summed E-state index contributed by atoms with van der Waals surface area (Å²) in [6.07, 6.45) is 16.4. The van der Waals surface area contributed by atoms with E-state index in [4.69, 9.17) is 5.73 Å². The predicted molar refractivity (Wildman–Crippen MR) is 161 cm³/mol. The first-order valence-electron chi connectivity index (χ1n) is 14.7. The van der Waals surface area contributed by atoms with Crippen LogP contribution in [0.5, 0.6) is 0 Å². The molecule has 0 aromatic carbocycles. The maximum Gasteiger partial charge on any atom is 0.0459 e. The molecule has 0 saturated heterocycles. The summed E-state index contributed by atoms with van der Waals surface area (Å²) in [6, 6.07) is 0.743. The fourth-order valence-electron chi connectivity index (χ4n) is 9.58. The molecule has 0 spiro atoms. The molecule has 0 bridgehead atoms. The van der Waals surface area contributed by atoms with Crippen LogP contribution in [0.2, 0.25) is 0 Å². The Kier molecular flexibility index (Phi) is 14.9. The average molecular weight is 571 g/mol. The topological polar surface area (TPSA) is 70.3 Å². The predicted octanol–water partition coefficient (Wildman–Crippen LogP) is 6.22. The van der Waals surface area contributed by atoms with E-state index in [9.17, 15) is 5.11 Å². The molecule has 7 heteroatoms. The van der Waals surface area contributed by atoms with Crippen molar-refractivity contribution in [2.75, 3.05) is 32.8 Å². The highest BCUT2D eigenvalue weighted by Gasteiger charge is 2.60. The maximum atomic E-state index is 9.87. The minimum absolute atomic E-state index is 0. The number of hydrogen-bond donors (Lipinski definition) is 4. The first-order chi connectivity index (χ1) is 15.9. The zero-order valence-electron chi connectivity index (χ0n) is 23.3. The highest BCUT2D eigenvalue weighted by atomic mass is 35.5. The van der Waals surface area contributed by atoms with Crippen molar-refractivity contribution in [3.8, 4) is 0 Å². The van der Waals surface area contributed by atoms with Gasteiger partial charge in [-0.15, -0.1) is 37.2 Å². The van der Waals surface area contributed by atoms with Gasteiger partial charge in [0.1, 0.15) is 0 Å². The monoisotopic (exact) mass is 569 g/mol. The van der Waals surface area contributed by atoms with Gasteiger partial charge >= 0.3 is 0 Å². The lowest BCUT2D eigenvalue weighted by molar-refractivity contribution is -0.118. The molecular formula is C29H58Cl3N3O. The second-order valence-corrected chi connectivity index (χ2v) is 13.1. The molecule has 0 aromatic heterocycles. The SMILES string of the molecule is C[C@H](CO)[C@H]1CC[C@H]2[C@@H]3CC[C@H]4C[C@H](NCCCNCCCCN)CC[C@]4(C)[C@H]3CC[C@]12C.Cl.Cl.Cl. The van der Waals surface area contributed by atoms with Gasteiger partial charge in [0.25, 0.3) is 0 Å². The molecule has 4 aliphatic carbocycles. The van der Waals surface area contributed by atoms with E-state index in [0.29, 0.717) is 23.4 Å². The summed E-state index contributed by atoms with van der Waals surface area (Å²) in [4.78, 5) is 0. The normalized spacial score (nSPS) is 39.9. The quantitative estimate of drug-likeness (QED) is 0.223. The van der Waals surface area contributed by atoms with Crippen LogP contribution in [-0.4, -0.2) is 43.9 Å². The smallest absolute Gasteiger partial charge is 0.0459 e. The third-order valence-electron chi connectivity index (χ3n) is 11.5. The molecule has 0 unspecified atom stereocenters. The van der Waals surface area contributed by atoms with Gasteiger partial charge < -0.3 is 21.5 Å². The van der Waals surface area contributed by atoms with Crippen molar-refractivity contribution >= 4 is 37.2 Å². The Morgan fingerprint density at radius 1 is 0.833 bits per heavy atom. The first kappa shape index (κ1) is 34.7. The number of halogens is 3. The molecule has 0 radical (unpaired) electrons. The number of aliphatic hydroxyl groups is 1. The third kappa shape index (κ3) is 7.07. The Hall–Kier alpha value is 0.710. The lowest BCUT2D eigenvalue weighted by atomic mass is 9.44. The molecule has 4 nitrogen and oxygen atoms in total. The van der Waals surface area contributed by atoms with Crippen molar-refractivity contribution in [3.63, 3.8) is 0 Å². The van der Waals surface area contributed by atoms with Gasteiger partial charge in [-0.1, -0.05) is 20.8 Å². The van der Waals surface area contributed by atoms with E-state index in [1.165, 1.54) is 70.6 Å². The number of unbranched alkanes of at least 4 members (excludes halogenated alkanes) is 1. The summed E-state index contributed by atoms with van der Waals surface area (Å²) in [7, 11) is 0. The van der Waals surface area contributed by atoms with E-state index in [0.717, 1.165) is 68.2 Å². The fraction of sp³-hybridized carbons (Fsp3) is 1.00. The van der Waals surface area contributed by atoms with Crippen LogP contribution in [0.3, 0.4) is 0 Å². The average Bonchev–Trinajstić information content (AvgIpc) is 3.17. The minimum atomic E-state index is 0. The summed E-state index contributed by atoms with van der Waals surface area (Å²) < 4.78 is 0. The number of nitrogens with one attached hydrogen (secondary N) is 2. The van der Waals surface area contributed by atoms with Gasteiger partial charge in [-0.3, -0.25) is 0 Å². The minimum Gasteiger partial charge on any atom is -0.396 e. The molecule has 0 amide bonds. The lowest BCUT2D eigenvalue weighted by Gasteiger charge is -2.61. The molecular weight excluding hydrogens is 513 g/mol. The number of fused-ring (bicyclic) bond motifs is 5. The van der Waals surface area contributed by atoms with Gasteiger partial charge in [0, 0.05) is 12.6 Å². The van der Waals surface area contributed by atoms with Gasteiger partial charge in [0.2, 0.25) is 0 Å². The van der Waals surface area contributed by atoms with Crippen molar-refractivity contribution in [1.82, 2.24) is 10.6 Å². The summed E-state index contributed by atoms with van der Waals surface area (Å²) in [5, 5.41) is 17.4. The van der Waals surface area contributed by atoms with Crippen LogP contribution < -0.4 is 16.4 Å². The zero-order chi connectivity index (χ0) is 23.5. The first-order valence-corrected chi connectivity index (χ1v) is 14.7. The zero-order valence-corrected chi connectivity index (χ0v) is 25.8. The summed E-state index contributed by atoms with van der Waals surface area (Å²) in [6.45, 7) is 12.2. The van der Waals surface area contributed by atoms with Crippen LogP contribution in [0.25, 0.3) is 0 Å². The molecule has 0 aromatic rings. The van der Waals surface area contributed by atoms with Gasteiger partial charge in [-0.25, -0.2) is 0 Å². The lowest BCUT2D eigenvalue weighted by Crippen LogP contribution is -2.55. The summed E-state index contributed by atoms with van der Waals surface area (Å²) in [5.74, 6) is 4.98. The van der Waals surface area contributed by atoms with E-state index >= 15 is 0 Å². The van der Waals surface area contributed by atoms with Crippen LogP contribution in [0.4, 0.5) is 0 Å². The third-order valence-corrected chi connectivity index (χ3v) is 11.5. The highest BCUT2D eigenvalue weighted by molar-refractivity contribution is 5.86. The van der Waals surface area contributed by atoms with Crippen LogP contribution in [0, 0.1) is 46.3 Å². The molecule has 216 valence electrons. The summed E-state index contributed by atoms with van der Waals surface area (Å²) >= 11 is 0. The Morgan fingerprint density at radius 2 is 1.53 bits per heavy atom. The number of rotatable bonds is 11. The van der Waals surface area contributed by atoms with Crippen molar-refractivity contribution in [1.29, 1.82) is 0 Å². The standard InChI is InChI=1S/C29H55N3O.3ClH/c1-21(20-33)25-9-10-26-24-8-7-22-19-23(32-18-6-17-31-16-5-4-15-30)11-13-28(22,2)27(24)12-14-29(25,26)3;;;/h21-27,31-33H,4-20,30H2,1-3H3;3*1H/t21-,22+,23-,24+,25-,26+,27+,28+,29-;;;/m1.../s1. The van der Waals surface area contributed by atoms with Crippen molar-refractivity contribution in [2.24, 2.45) is 52.1 Å². The van der Waals surface area contributed by atoms with E-state index in [2.05, 4.69) is 31.4 Å². The maximum absolute atomic E-state index is 9.87. The van der Waals surface area contributed by atoms with Gasteiger partial charge in [0.05, 0.1) is 0 Å². The Labute approximate surface area is 241 Å². The van der Waals surface area contributed by atoms with Crippen molar-refractivity contribution < 1.29 is 5.11 Å². The molecule has 9 atom stereocenters. The number of hydrogen-bond acceptors (Lipinski definition) is 4. The Bertz CT molecular complexity index is 629. The van der Waals surface area contributed by atoms with Crippen molar-refractivity contribution in [3.05, 3.63) is 0 Å². The van der Waals surface area contributed by atoms with E-state index in [-0.39, 0.29) is 37.2 Å². The fourth-order valence-corrected chi connectivity index (χ4v) is 9.58. The second-order valence-electron chi connectivity index (χ2n) is 13.1. The van der Waals surface area contributed by atoms with Crippen LogP contribution in [0.15, 0.2) is 0 Å². The van der Waals surface area contributed by atoms with Gasteiger partial charge in [-0.05, 0) is 150 Å². The molecule has 4 aliphatic rings. The Morgan fingerprint density at radius 3 is 2.25 bits per heavy atom. The second kappa shape index (κ2) is 15.5. The molecule has 0 aliphatic heterocycles. The molecule has 0 heterocycles. The summed E-state index contributed by atoms with van der Waals surface area (Å²) in [5.41, 5.74) is 6.64. The molecule has 36 heavy (non-hydrogen) atoms. The molecule has 4 saturated carbocycles. The largest absolute Gasteiger partial charge is 0.396 e. The number of nitrogens with two attached hydrogens (primary N) is 1. The Balaban J connectivity index is 0.00000216. The number of aliphatic hydroxyl groups excluding tert-OH is 1. The van der Waals surface area contributed by atoms with Gasteiger partial charge in [-0.2, -0.15) is 0 Å². The highest BCUT2D eigenvalue weighted by Crippen LogP contribution is 2.68. The molecule has 4 fully saturated rings. The van der Waals surface area contributed by atoms with Crippen LogP contribution >= 0.6 is 37.2 Å². The van der Waals surface area contributed by atoms with Crippen LogP contribution in [0.1, 0.15) is 97.8 Å². The van der Waals surface area contributed by atoms with E-state index < -0.39 is 0 Å². The van der Waals surface area contributed by atoms with Crippen molar-refractivity contribution in [2.45, 2.75) is 104 Å². The van der Waals surface area contributed by atoms with Gasteiger partial charge in [0.15, 0.2) is 0 Å². The van der Waals surface area contributed by atoms with Crippen LogP contribution in [-0.2, 0) is 0 Å². The van der Waals surface area contributed by atoms with E-state index in [1.807, 2.05) is 0 Å².